The third kappa shape index (κ3) is 5.55. The molecule has 1 fully saturated rings. The van der Waals surface area contributed by atoms with E-state index in [0.717, 1.165) is 43.9 Å². The Morgan fingerprint density at radius 2 is 1.47 bits per heavy atom. The van der Waals surface area contributed by atoms with Crippen LogP contribution in [0.25, 0.3) is 0 Å². The SMILES string of the molecule is O=C(NCCN1CCN(C(c2ccc(F)cc2)c2ccc(F)cc2)CC1)c1ccccn1. The van der Waals surface area contributed by atoms with E-state index in [4.69, 9.17) is 0 Å². The molecule has 0 bridgehead atoms. The molecule has 4 rings (SSSR count). The number of amides is 1. The molecule has 1 saturated heterocycles. The first kappa shape index (κ1) is 22.0. The lowest BCUT2D eigenvalue weighted by Gasteiger charge is -2.39. The molecule has 1 aromatic heterocycles. The number of hydrogen-bond acceptors (Lipinski definition) is 4. The maximum absolute atomic E-state index is 13.5. The van der Waals surface area contributed by atoms with Gasteiger partial charge in [-0.05, 0) is 47.5 Å². The molecule has 0 atom stereocenters. The summed E-state index contributed by atoms with van der Waals surface area (Å²) in [5, 5.41) is 2.91. The zero-order chi connectivity index (χ0) is 22.3. The fourth-order valence-electron chi connectivity index (χ4n) is 4.06. The van der Waals surface area contributed by atoms with Crippen molar-refractivity contribution >= 4 is 5.91 Å². The second-order valence-electron chi connectivity index (χ2n) is 7.85. The molecule has 166 valence electrons. The van der Waals surface area contributed by atoms with E-state index in [2.05, 4.69) is 20.1 Å². The summed E-state index contributed by atoms with van der Waals surface area (Å²) in [5.74, 6) is -0.717. The number of rotatable bonds is 7. The average molecular weight is 437 g/mol. The Morgan fingerprint density at radius 1 is 0.875 bits per heavy atom. The van der Waals surface area contributed by atoms with Gasteiger partial charge in [0, 0.05) is 45.5 Å². The van der Waals surface area contributed by atoms with Crippen molar-refractivity contribution in [2.24, 2.45) is 0 Å². The third-order valence-corrected chi connectivity index (χ3v) is 5.75. The van der Waals surface area contributed by atoms with Gasteiger partial charge in [0.05, 0.1) is 6.04 Å². The topological polar surface area (TPSA) is 48.5 Å². The van der Waals surface area contributed by atoms with Crippen molar-refractivity contribution in [2.45, 2.75) is 6.04 Å². The van der Waals surface area contributed by atoms with Gasteiger partial charge in [0.15, 0.2) is 0 Å². The van der Waals surface area contributed by atoms with E-state index in [1.807, 2.05) is 0 Å². The van der Waals surface area contributed by atoms with Crippen molar-refractivity contribution in [3.05, 3.63) is 101 Å². The quantitative estimate of drug-likeness (QED) is 0.616. The van der Waals surface area contributed by atoms with Crippen molar-refractivity contribution in [3.8, 4) is 0 Å². The van der Waals surface area contributed by atoms with Crippen LogP contribution in [0.15, 0.2) is 72.9 Å². The Morgan fingerprint density at radius 3 is 2.00 bits per heavy atom. The maximum Gasteiger partial charge on any atom is 0.269 e. The molecule has 0 aliphatic carbocycles. The Hall–Kier alpha value is -3.16. The first-order valence-electron chi connectivity index (χ1n) is 10.8. The van der Waals surface area contributed by atoms with Crippen molar-refractivity contribution in [3.63, 3.8) is 0 Å². The molecule has 5 nitrogen and oxygen atoms in total. The summed E-state index contributed by atoms with van der Waals surface area (Å²) in [7, 11) is 0. The summed E-state index contributed by atoms with van der Waals surface area (Å²) in [6.07, 6.45) is 1.60. The highest BCUT2D eigenvalue weighted by Crippen LogP contribution is 2.30. The molecule has 2 heterocycles. The zero-order valence-corrected chi connectivity index (χ0v) is 17.8. The predicted molar refractivity (Wildman–Crippen MR) is 119 cm³/mol. The molecular weight excluding hydrogens is 410 g/mol. The molecule has 32 heavy (non-hydrogen) atoms. The average Bonchev–Trinajstić information content (AvgIpc) is 2.83. The highest BCUT2D eigenvalue weighted by Gasteiger charge is 2.26. The lowest BCUT2D eigenvalue weighted by molar-refractivity contribution is 0.0916. The van der Waals surface area contributed by atoms with Gasteiger partial charge in [0.1, 0.15) is 17.3 Å². The smallest absolute Gasteiger partial charge is 0.269 e. The number of carbonyl (C=O) groups is 1. The number of nitrogens with zero attached hydrogens (tertiary/aromatic N) is 3. The fraction of sp³-hybridized carbons (Fsp3) is 0.280. The van der Waals surface area contributed by atoms with Crippen LogP contribution in [-0.4, -0.2) is 60.0 Å². The Labute approximate surface area is 186 Å². The van der Waals surface area contributed by atoms with Crippen molar-refractivity contribution < 1.29 is 13.6 Å². The van der Waals surface area contributed by atoms with Crippen LogP contribution in [0, 0.1) is 11.6 Å². The van der Waals surface area contributed by atoms with Crippen LogP contribution in [0.1, 0.15) is 27.7 Å². The minimum absolute atomic E-state index is 0.0674. The molecule has 2 aromatic carbocycles. The van der Waals surface area contributed by atoms with Gasteiger partial charge in [-0.15, -0.1) is 0 Å². The van der Waals surface area contributed by atoms with E-state index in [1.54, 1.807) is 48.7 Å². The summed E-state index contributed by atoms with van der Waals surface area (Å²) in [6.45, 7) is 4.62. The summed E-state index contributed by atoms with van der Waals surface area (Å²) in [6, 6.07) is 18.2. The summed E-state index contributed by atoms with van der Waals surface area (Å²) >= 11 is 0. The second kappa shape index (κ2) is 10.4. The highest BCUT2D eigenvalue weighted by atomic mass is 19.1. The minimum atomic E-state index is -0.274. The molecular formula is C25H26F2N4O. The van der Waals surface area contributed by atoms with E-state index in [-0.39, 0.29) is 23.6 Å². The normalized spacial score (nSPS) is 15.1. The van der Waals surface area contributed by atoms with Crippen LogP contribution >= 0.6 is 0 Å². The van der Waals surface area contributed by atoms with Gasteiger partial charge in [-0.25, -0.2) is 8.78 Å². The standard InChI is InChI=1S/C25H26F2N4O/c26-21-8-4-19(5-9-21)24(20-6-10-22(27)11-7-20)31-17-15-30(16-18-31)14-13-29-25(32)23-3-1-2-12-28-23/h1-12,24H,13-18H2,(H,29,32). The van der Waals surface area contributed by atoms with Crippen LogP contribution in [0.5, 0.6) is 0 Å². The van der Waals surface area contributed by atoms with Crippen molar-refractivity contribution in [1.29, 1.82) is 0 Å². The number of aromatic nitrogens is 1. The third-order valence-electron chi connectivity index (χ3n) is 5.75. The van der Waals surface area contributed by atoms with Crippen LogP contribution in [-0.2, 0) is 0 Å². The molecule has 1 N–H and O–H groups in total. The van der Waals surface area contributed by atoms with E-state index in [0.29, 0.717) is 12.2 Å². The number of pyridine rings is 1. The lowest BCUT2D eigenvalue weighted by atomic mass is 9.96. The molecule has 1 amide bonds. The first-order valence-corrected chi connectivity index (χ1v) is 10.8. The monoisotopic (exact) mass is 436 g/mol. The Bertz CT molecular complexity index is 959. The molecule has 1 aliphatic heterocycles. The number of nitrogens with one attached hydrogen (secondary N) is 1. The largest absolute Gasteiger partial charge is 0.349 e. The van der Waals surface area contributed by atoms with Gasteiger partial charge in [-0.2, -0.15) is 0 Å². The molecule has 0 unspecified atom stereocenters. The number of hydrogen-bond donors (Lipinski definition) is 1. The number of piperazine rings is 1. The van der Waals surface area contributed by atoms with Crippen LogP contribution in [0.2, 0.25) is 0 Å². The van der Waals surface area contributed by atoms with Gasteiger partial charge < -0.3 is 5.32 Å². The summed E-state index contributed by atoms with van der Waals surface area (Å²) in [4.78, 5) is 20.8. The molecule has 7 heteroatoms. The first-order chi connectivity index (χ1) is 15.6. The Balaban J connectivity index is 1.35. The lowest BCUT2D eigenvalue weighted by Crippen LogP contribution is -2.49. The number of benzene rings is 2. The Kier molecular flexibility index (Phi) is 7.19. The van der Waals surface area contributed by atoms with Gasteiger partial charge in [0.25, 0.3) is 5.91 Å². The molecule has 0 spiro atoms. The van der Waals surface area contributed by atoms with Gasteiger partial charge in [-0.3, -0.25) is 19.6 Å². The van der Waals surface area contributed by atoms with Gasteiger partial charge >= 0.3 is 0 Å². The molecule has 0 saturated carbocycles. The van der Waals surface area contributed by atoms with E-state index in [1.165, 1.54) is 24.3 Å². The number of carbonyl (C=O) groups excluding carboxylic acids is 1. The summed E-state index contributed by atoms with van der Waals surface area (Å²) in [5.41, 5.74) is 2.38. The fourth-order valence-corrected chi connectivity index (χ4v) is 4.06. The molecule has 1 aliphatic rings. The van der Waals surface area contributed by atoms with Crippen LogP contribution < -0.4 is 5.32 Å². The van der Waals surface area contributed by atoms with E-state index >= 15 is 0 Å². The van der Waals surface area contributed by atoms with Crippen molar-refractivity contribution in [1.82, 2.24) is 20.1 Å². The molecule has 3 aromatic rings. The number of halogens is 2. The van der Waals surface area contributed by atoms with Crippen LogP contribution in [0.4, 0.5) is 8.78 Å². The highest BCUT2D eigenvalue weighted by molar-refractivity contribution is 5.92. The van der Waals surface area contributed by atoms with Crippen molar-refractivity contribution in [2.75, 3.05) is 39.3 Å². The van der Waals surface area contributed by atoms with E-state index in [9.17, 15) is 13.6 Å². The molecule has 0 radical (unpaired) electrons. The maximum atomic E-state index is 13.5. The summed E-state index contributed by atoms with van der Waals surface area (Å²) < 4.78 is 27.0. The van der Waals surface area contributed by atoms with E-state index < -0.39 is 0 Å². The zero-order valence-electron chi connectivity index (χ0n) is 17.8. The second-order valence-corrected chi connectivity index (χ2v) is 7.85. The van der Waals surface area contributed by atoms with Crippen LogP contribution in [0.3, 0.4) is 0 Å². The van der Waals surface area contributed by atoms with Gasteiger partial charge in [-0.1, -0.05) is 30.3 Å². The van der Waals surface area contributed by atoms with Gasteiger partial charge in [0.2, 0.25) is 0 Å². The minimum Gasteiger partial charge on any atom is -0.349 e. The predicted octanol–water partition coefficient (Wildman–Crippen LogP) is 3.50.